The Bertz CT molecular complexity index is 399. The maximum atomic E-state index is 13.5. The lowest BCUT2D eigenvalue weighted by Gasteiger charge is -2.05. The fourth-order valence-corrected chi connectivity index (χ4v) is 1.24. The summed E-state index contributed by atoms with van der Waals surface area (Å²) in [6.45, 7) is 3.48. The minimum atomic E-state index is -0.825. The van der Waals surface area contributed by atoms with E-state index in [9.17, 15) is 14.0 Å². The molecule has 1 aromatic carbocycles. The number of carbonyl (C=O) groups is 2. The molecule has 0 aromatic heterocycles. The first kappa shape index (κ1) is 11.4. The molecule has 0 N–H and O–H groups in total. The number of esters is 1. The first-order valence-electron chi connectivity index (χ1n) is 4.52. The van der Waals surface area contributed by atoms with Gasteiger partial charge in [-0.25, -0.2) is 9.18 Å². The second kappa shape index (κ2) is 4.68. The van der Waals surface area contributed by atoms with Crippen LogP contribution in [0.2, 0.25) is 0 Å². The molecule has 0 saturated carbocycles. The third-order valence-electron chi connectivity index (χ3n) is 1.87. The van der Waals surface area contributed by atoms with E-state index in [1.165, 1.54) is 12.1 Å². The van der Waals surface area contributed by atoms with Crippen molar-refractivity contribution in [2.24, 2.45) is 0 Å². The molecule has 4 heteroatoms. The van der Waals surface area contributed by atoms with E-state index in [0.717, 1.165) is 0 Å². The Hall–Kier alpha value is -1.71. The molecule has 0 atom stereocenters. The average Bonchev–Trinajstić information content (AvgIpc) is 2.21. The number of aryl methyl sites for hydroxylation is 1. The lowest BCUT2D eigenvalue weighted by Crippen LogP contribution is -2.09. The van der Waals surface area contributed by atoms with Crippen LogP contribution in [0.4, 0.5) is 4.39 Å². The molecule has 1 rings (SSSR count). The van der Waals surface area contributed by atoms with Crippen molar-refractivity contribution >= 4 is 12.3 Å². The molecule has 0 aliphatic heterocycles. The van der Waals surface area contributed by atoms with Crippen LogP contribution in [0.3, 0.4) is 0 Å². The summed E-state index contributed by atoms with van der Waals surface area (Å²) in [7, 11) is 0. The summed E-state index contributed by atoms with van der Waals surface area (Å²) >= 11 is 0. The Morgan fingerprint density at radius 2 is 2.20 bits per heavy atom. The summed E-state index contributed by atoms with van der Waals surface area (Å²) in [5.41, 5.74) is 0.318. The van der Waals surface area contributed by atoms with E-state index >= 15 is 0 Å². The number of hydrogen-bond acceptors (Lipinski definition) is 3. The molecular formula is C11H11FO3. The van der Waals surface area contributed by atoms with Crippen LogP contribution in [0, 0.1) is 12.7 Å². The number of rotatable bonds is 3. The van der Waals surface area contributed by atoms with Crippen LogP contribution >= 0.6 is 0 Å². The fraction of sp³-hybridized carbons (Fsp3) is 0.273. The lowest BCUT2D eigenvalue weighted by atomic mass is 10.1. The van der Waals surface area contributed by atoms with Crippen molar-refractivity contribution < 1.29 is 18.7 Å². The van der Waals surface area contributed by atoms with E-state index in [4.69, 9.17) is 0 Å². The van der Waals surface area contributed by atoms with Gasteiger partial charge in [-0.3, -0.25) is 4.79 Å². The summed E-state index contributed by atoms with van der Waals surface area (Å²) < 4.78 is 18.2. The maximum Gasteiger partial charge on any atom is 0.341 e. The van der Waals surface area contributed by atoms with Gasteiger partial charge in [-0.2, -0.15) is 0 Å². The topological polar surface area (TPSA) is 43.4 Å². The van der Waals surface area contributed by atoms with Crippen molar-refractivity contribution in [3.05, 3.63) is 34.6 Å². The monoisotopic (exact) mass is 210 g/mol. The number of aldehydes is 1. The van der Waals surface area contributed by atoms with Gasteiger partial charge in [-0.15, -0.1) is 0 Å². The van der Waals surface area contributed by atoms with E-state index in [1.54, 1.807) is 13.8 Å². The zero-order valence-electron chi connectivity index (χ0n) is 8.54. The quantitative estimate of drug-likeness (QED) is 0.567. The third kappa shape index (κ3) is 2.40. The van der Waals surface area contributed by atoms with Gasteiger partial charge in [0.25, 0.3) is 0 Å². The number of halogens is 1. The van der Waals surface area contributed by atoms with E-state index in [-0.39, 0.29) is 17.7 Å². The predicted molar refractivity (Wildman–Crippen MR) is 52.5 cm³/mol. The summed E-state index contributed by atoms with van der Waals surface area (Å²) in [5, 5.41) is 0. The molecule has 0 spiro atoms. The van der Waals surface area contributed by atoms with Crippen LogP contribution in [-0.4, -0.2) is 18.9 Å². The van der Waals surface area contributed by atoms with E-state index in [2.05, 4.69) is 4.74 Å². The highest BCUT2D eigenvalue weighted by Gasteiger charge is 2.16. The smallest absolute Gasteiger partial charge is 0.341 e. The second-order valence-corrected chi connectivity index (χ2v) is 3.05. The molecule has 0 fully saturated rings. The summed E-state index contributed by atoms with van der Waals surface area (Å²) in [6, 6.07) is 2.74. The van der Waals surface area contributed by atoms with Gasteiger partial charge in [0, 0.05) is 0 Å². The van der Waals surface area contributed by atoms with Gasteiger partial charge in [0.1, 0.15) is 5.82 Å². The molecule has 80 valence electrons. The predicted octanol–water partition coefficient (Wildman–Crippen LogP) is 2.12. The van der Waals surface area contributed by atoms with E-state index in [0.29, 0.717) is 11.8 Å². The highest BCUT2D eigenvalue weighted by Crippen LogP contribution is 2.15. The van der Waals surface area contributed by atoms with Crippen LogP contribution in [0.25, 0.3) is 0 Å². The van der Waals surface area contributed by atoms with Gasteiger partial charge in [0.15, 0.2) is 6.29 Å². The van der Waals surface area contributed by atoms with Crippen molar-refractivity contribution in [2.75, 3.05) is 6.61 Å². The molecule has 1 aromatic rings. The van der Waals surface area contributed by atoms with Gasteiger partial charge in [-0.05, 0) is 31.5 Å². The van der Waals surface area contributed by atoms with E-state index < -0.39 is 11.8 Å². The van der Waals surface area contributed by atoms with Gasteiger partial charge < -0.3 is 4.74 Å². The molecule has 0 bridgehead atoms. The Morgan fingerprint density at radius 3 is 2.73 bits per heavy atom. The first-order chi connectivity index (χ1) is 7.10. The van der Waals surface area contributed by atoms with Crippen LogP contribution in [0.5, 0.6) is 0 Å². The highest BCUT2D eigenvalue weighted by molar-refractivity contribution is 5.92. The van der Waals surface area contributed by atoms with Gasteiger partial charge in [0.2, 0.25) is 0 Å². The molecule has 0 saturated heterocycles. The molecule has 0 heterocycles. The molecule has 0 amide bonds. The van der Waals surface area contributed by atoms with Crippen molar-refractivity contribution in [3.63, 3.8) is 0 Å². The Labute approximate surface area is 86.9 Å². The molecule has 3 nitrogen and oxygen atoms in total. The molecule has 15 heavy (non-hydrogen) atoms. The van der Waals surface area contributed by atoms with E-state index in [1.807, 2.05) is 0 Å². The summed E-state index contributed by atoms with van der Waals surface area (Å²) in [6.07, 6.45) is 0.380. The molecule has 0 unspecified atom stereocenters. The van der Waals surface area contributed by atoms with Crippen molar-refractivity contribution in [1.82, 2.24) is 0 Å². The molecule has 0 aliphatic carbocycles. The standard InChI is InChI=1S/C11H11FO3/c1-3-15-11(14)9-5-7(2)4-8(6-13)10(9)12/h4-6H,3H2,1-2H3. The number of carbonyl (C=O) groups excluding carboxylic acids is 2. The van der Waals surface area contributed by atoms with Crippen molar-refractivity contribution in [1.29, 1.82) is 0 Å². The SMILES string of the molecule is CCOC(=O)c1cc(C)cc(C=O)c1F. The fourth-order valence-electron chi connectivity index (χ4n) is 1.24. The Morgan fingerprint density at radius 1 is 1.53 bits per heavy atom. The summed E-state index contributed by atoms with van der Waals surface area (Å²) in [5.74, 6) is -1.57. The maximum absolute atomic E-state index is 13.5. The minimum Gasteiger partial charge on any atom is -0.462 e. The number of hydrogen-bond donors (Lipinski definition) is 0. The minimum absolute atomic E-state index is 0.127. The number of benzene rings is 1. The Kier molecular flexibility index (Phi) is 3.55. The second-order valence-electron chi connectivity index (χ2n) is 3.05. The van der Waals surface area contributed by atoms with Crippen molar-refractivity contribution in [3.8, 4) is 0 Å². The van der Waals surface area contributed by atoms with Gasteiger partial charge in [-0.1, -0.05) is 0 Å². The van der Waals surface area contributed by atoms with Crippen LogP contribution < -0.4 is 0 Å². The lowest BCUT2D eigenvalue weighted by molar-refractivity contribution is 0.0521. The van der Waals surface area contributed by atoms with Crippen LogP contribution in [-0.2, 0) is 4.74 Å². The number of ether oxygens (including phenoxy) is 1. The van der Waals surface area contributed by atoms with Crippen molar-refractivity contribution in [2.45, 2.75) is 13.8 Å². The van der Waals surface area contributed by atoms with Gasteiger partial charge >= 0.3 is 5.97 Å². The first-order valence-corrected chi connectivity index (χ1v) is 4.52. The molecular weight excluding hydrogens is 199 g/mol. The molecule has 0 aliphatic rings. The van der Waals surface area contributed by atoms with Gasteiger partial charge in [0.05, 0.1) is 17.7 Å². The van der Waals surface area contributed by atoms with Crippen LogP contribution in [0.1, 0.15) is 33.2 Å². The van der Waals surface area contributed by atoms with Crippen LogP contribution in [0.15, 0.2) is 12.1 Å². The zero-order valence-corrected chi connectivity index (χ0v) is 8.54. The molecule has 0 radical (unpaired) electrons. The normalized spacial score (nSPS) is 9.80. The third-order valence-corrected chi connectivity index (χ3v) is 1.87. The largest absolute Gasteiger partial charge is 0.462 e. The summed E-state index contributed by atoms with van der Waals surface area (Å²) in [4.78, 5) is 21.8. The average molecular weight is 210 g/mol. The highest BCUT2D eigenvalue weighted by atomic mass is 19.1. The zero-order chi connectivity index (χ0) is 11.4. The Balaban J connectivity index is 3.22.